The lowest BCUT2D eigenvalue weighted by molar-refractivity contribution is -0.0525. The molecule has 2 aliphatic rings. The molecular formula is C10H11N5O5S. The Balaban J connectivity index is 1.78. The maximum absolute atomic E-state index is 11.4. The van der Waals surface area contributed by atoms with Crippen molar-refractivity contribution in [3.63, 3.8) is 0 Å². The molecule has 10 nitrogen and oxygen atoms in total. The molecule has 2 fully saturated rings. The molecule has 112 valence electrons. The van der Waals surface area contributed by atoms with E-state index in [9.17, 15) is 9.32 Å². The summed E-state index contributed by atoms with van der Waals surface area (Å²) in [5.41, 5.74) is 6.64. The number of fused-ring (bicyclic) bond motifs is 2. The van der Waals surface area contributed by atoms with Crippen LogP contribution in [0.25, 0.3) is 11.2 Å². The van der Waals surface area contributed by atoms with Crippen LogP contribution in [-0.2, 0) is 24.5 Å². The number of nitrogens with two attached hydrogens (primary N) is 1. The van der Waals surface area contributed by atoms with Crippen LogP contribution in [0.5, 0.6) is 0 Å². The van der Waals surface area contributed by atoms with Crippen LogP contribution in [0, 0.1) is 0 Å². The molecule has 4 rings (SSSR count). The van der Waals surface area contributed by atoms with Crippen LogP contribution in [0.1, 0.15) is 6.23 Å². The first kappa shape index (κ1) is 13.0. The number of imidazole rings is 1. The fraction of sp³-hybridized carbons (Fsp3) is 0.500. The smallest absolute Gasteiger partial charge is 0.305 e. The van der Waals surface area contributed by atoms with E-state index in [4.69, 9.17) is 18.8 Å². The van der Waals surface area contributed by atoms with E-state index in [2.05, 4.69) is 15.0 Å². The number of aliphatic hydroxyl groups excluding tert-OH is 1. The van der Waals surface area contributed by atoms with E-state index in [1.165, 1.54) is 12.7 Å². The average Bonchev–Trinajstić information content (AvgIpc) is 3.12. The van der Waals surface area contributed by atoms with Gasteiger partial charge in [0, 0.05) is 0 Å². The predicted octanol–water partition coefficient (Wildman–Crippen LogP) is -1.34. The van der Waals surface area contributed by atoms with Gasteiger partial charge in [-0.15, -0.1) is 0 Å². The zero-order valence-electron chi connectivity index (χ0n) is 10.5. The van der Waals surface area contributed by atoms with Gasteiger partial charge in [0.25, 0.3) is 0 Å². The highest BCUT2D eigenvalue weighted by atomic mass is 32.2. The second kappa shape index (κ2) is 4.68. The predicted molar refractivity (Wildman–Crippen MR) is 68.6 cm³/mol. The summed E-state index contributed by atoms with van der Waals surface area (Å²) in [6, 6.07) is 0. The highest BCUT2D eigenvalue weighted by Crippen LogP contribution is 2.39. The van der Waals surface area contributed by atoms with Gasteiger partial charge in [-0.1, -0.05) is 0 Å². The Labute approximate surface area is 120 Å². The molecule has 4 heterocycles. The van der Waals surface area contributed by atoms with Crippen molar-refractivity contribution in [3.8, 4) is 0 Å². The number of nitrogen functional groups attached to an aromatic ring is 1. The molecule has 21 heavy (non-hydrogen) atoms. The van der Waals surface area contributed by atoms with Crippen molar-refractivity contribution in [1.29, 1.82) is 0 Å². The first-order valence-corrected chi connectivity index (χ1v) is 7.14. The second-order valence-electron chi connectivity index (χ2n) is 4.66. The van der Waals surface area contributed by atoms with Gasteiger partial charge in [-0.25, -0.2) is 15.0 Å². The van der Waals surface area contributed by atoms with Crippen LogP contribution in [-0.4, -0.2) is 53.8 Å². The normalized spacial score (nSPS) is 35.4. The Bertz CT molecular complexity index is 723. The average molecular weight is 313 g/mol. The molecule has 0 saturated carbocycles. The van der Waals surface area contributed by atoms with Gasteiger partial charge < -0.3 is 15.6 Å². The van der Waals surface area contributed by atoms with Crippen LogP contribution in [0.15, 0.2) is 12.7 Å². The lowest BCUT2D eigenvalue weighted by Crippen LogP contribution is -2.30. The van der Waals surface area contributed by atoms with Crippen LogP contribution in [0.2, 0.25) is 0 Å². The third-order valence-corrected chi connectivity index (χ3v) is 4.26. The van der Waals surface area contributed by atoms with E-state index in [1.54, 1.807) is 4.57 Å². The Hall–Kier alpha value is -1.66. The van der Waals surface area contributed by atoms with Gasteiger partial charge >= 0.3 is 11.4 Å². The minimum Gasteiger partial charge on any atom is -0.394 e. The summed E-state index contributed by atoms with van der Waals surface area (Å²) in [4.78, 5) is 12.1. The van der Waals surface area contributed by atoms with Crippen LogP contribution < -0.4 is 5.73 Å². The third-order valence-electron chi connectivity index (χ3n) is 3.51. The monoisotopic (exact) mass is 313 g/mol. The van der Waals surface area contributed by atoms with Gasteiger partial charge in [-0.2, -0.15) is 4.21 Å². The number of aromatic nitrogens is 4. The maximum atomic E-state index is 11.4. The standard InChI is InChI=1S/C10H11N5O5S/c11-8-5-9(13-2-12-8)15(3-14-5)10-7-6(4(1-16)18-10)19-21(17)20-7/h2-4,6-7,10,16H,1H2,(H2,11,12,13)/t4-,6-,7-,10-,21?/m1/s1. The van der Waals surface area contributed by atoms with E-state index < -0.39 is 35.9 Å². The van der Waals surface area contributed by atoms with Crippen molar-refractivity contribution >= 4 is 28.3 Å². The fourth-order valence-corrected chi connectivity index (χ4v) is 3.40. The van der Waals surface area contributed by atoms with E-state index in [0.29, 0.717) is 11.2 Å². The van der Waals surface area contributed by atoms with Crippen LogP contribution >= 0.6 is 0 Å². The zero-order chi connectivity index (χ0) is 14.6. The first-order chi connectivity index (χ1) is 10.2. The van der Waals surface area contributed by atoms with Crippen molar-refractivity contribution in [2.75, 3.05) is 12.3 Å². The lowest BCUT2D eigenvalue weighted by Gasteiger charge is -2.17. The summed E-state index contributed by atoms with van der Waals surface area (Å²) >= 11 is -1.86. The number of anilines is 1. The molecule has 0 spiro atoms. The summed E-state index contributed by atoms with van der Waals surface area (Å²) in [6.07, 6.45) is 0.257. The molecule has 0 bridgehead atoms. The molecule has 2 saturated heterocycles. The van der Waals surface area contributed by atoms with Crippen molar-refractivity contribution < 1.29 is 22.4 Å². The van der Waals surface area contributed by atoms with Crippen molar-refractivity contribution in [3.05, 3.63) is 12.7 Å². The molecular weight excluding hydrogens is 302 g/mol. The minimum absolute atomic E-state index is 0.249. The molecule has 2 aromatic rings. The summed E-state index contributed by atoms with van der Waals surface area (Å²) in [5, 5.41) is 9.34. The largest absolute Gasteiger partial charge is 0.394 e. The Kier molecular flexibility index (Phi) is 2.90. The van der Waals surface area contributed by atoms with Crippen molar-refractivity contribution in [2.45, 2.75) is 24.5 Å². The summed E-state index contributed by atoms with van der Waals surface area (Å²) < 4.78 is 29.1. The van der Waals surface area contributed by atoms with Gasteiger partial charge in [0.1, 0.15) is 24.1 Å². The topological polar surface area (TPSA) is 135 Å². The first-order valence-electron chi connectivity index (χ1n) is 6.14. The highest BCUT2D eigenvalue weighted by molar-refractivity contribution is 7.75. The summed E-state index contributed by atoms with van der Waals surface area (Å²) in [7, 11) is 0. The van der Waals surface area contributed by atoms with E-state index in [-0.39, 0.29) is 12.4 Å². The quantitative estimate of drug-likeness (QED) is 0.690. The molecule has 0 aliphatic carbocycles. The number of hydrogen-bond donors (Lipinski definition) is 2. The van der Waals surface area contributed by atoms with Crippen molar-refractivity contribution in [1.82, 2.24) is 19.5 Å². The van der Waals surface area contributed by atoms with E-state index in [0.717, 1.165) is 0 Å². The molecule has 3 N–H and O–H groups in total. The zero-order valence-corrected chi connectivity index (χ0v) is 11.3. The molecule has 2 aliphatic heterocycles. The van der Waals surface area contributed by atoms with Gasteiger partial charge in [-0.3, -0.25) is 12.9 Å². The molecule has 0 radical (unpaired) electrons. The van der Waals surface area contributed by atoms with Crippen LogP contribution in [0.3, 0.4) is 0 Å². The SMILES string of the molecule is Nc1ncnc2c1ncn2[C@@H]1O[C@H](CO)[C@H]2OS(=O)O[C@H]21. The van der Waals surface area contributed by atoms with Crippen LogP contribution in [0.4, 0.5) is 5.82 Å². The van der Waals surface area contributed by atoms with E-state index >= 15 is 0 Å². The van der Waals surface area contributed by atoms with Gasteiger partial charge in [-0.05, 0) is 0 Å². The van der Waals surface area contributed by atoms with E-state index in [1.807, 2.05) is 0 Å². The number of nitrogens with zero attached hydrogens (tertiary/aromatic N) is 4. The number of hydrogen-bond acceptors (Lipinski definition) is 9. The second-order valence-corrected chi connectivity index (χ2v) is 5.45. The Morgan fingerprint density at radius 1 is 1.33 bits per heavy atom. The molecule has 11 heteroatoms. The molecule has 2 aromatic heterocycles. The highest BCUT2D eigenvalue weighted by Gasteiger charge is 2.53. The van der Waals surface area contributed by atoms with Gasteiger partial charge in [0.15, 0.2) is 23.8 Å². The minimum atomic E-state index is -1.86. The Morgan fingerprint density at radius 3 is 2.95 bits per heavy atom. The third kappa shape index (κ3) is 1.86. The number of ether oxygens (including phenoxy) is 1. The summed E-state index contributed by atoms with van der Waals surface area (Å²) in [5.74, 6) is 0.249. The number of aliphatic hydroxyl groups is 1. The summed E-state index contributed by atoms with van der Waals surface area (Å²) in [6.45, 7) is -0.276. The molecule has 5 atom stereocenters. The maximum Gasteiger partial charge on any atom is 0.305 e. The molecule has 1 unspecified atom stereocenters. The van der Waals surface area contributed by atoms with Crippen molar-refractivity contribution in [2.24, 2.45) is 0 Å². The van der Waals surface area contributed by atoms with Gasteiger partial charge in [0.2, 0.25) is 0 Å². The molecule has 0 amide bonds. The van der Waals surface area contributed by atoms with Gasteiger partial charge in [0.05, 0.1) is 12.9 Å². The molecule has 0 aromatic carbocycles. The lowest BCUT2D eigenvalue weighted by atomic mass is 10.1. The Morgan fingerprint density at radius 2 is 2.14 bits per heavy atom. The fourth-order valence-electron chi connectivity index (χ4n) is 2.56. The number of rotatable bonds is 2.